The fourth-order valence-corrected chi connectivity index (χ4v) is 2.94. The lowest BCUT2D eigenvalue weighted by Gasteiger charge is -2.25. The quantitative estimate of drug-likeness (QED) is 0.648. The van der Waals surface area contributed by atoms with Crippen molar-refractivity contribution in [2.75, 3.05) is 0 Å². The van der Waals surface area contributed by atoms with Crippen LogP contribution in [-0.4, -0.2) is 4.98 Å². The highest BCUT2D eigenvalue weighted by molar-refractivity contribution is 5.27. The Morgan fingerprint density at radius 3 is 2.89 bits per heavy atom. The summed E-state index contributed by atoms with van der Waals surface area (Å²) in [5.74, 6) is 1.11. The first-order chi connectivity index (χ1) is 9.25. The van der Waals surface area contributed by atoms with Gasteiger partial charge in [-0.25, -0.2) is 0 Å². The van der Waals surface area contributed by atoms with Crippen LogP contribution in [0.2, 0.25) is 0 Å². The van der Waals surface area contributed by atoms with Crippen molar-refractivity contribution in [3.8, 4) is 0 Å². The maximum absolute atomic E-state index is 6.23. The molecule has 0 radical (unpaired) electrons. The Labute approximate surface area is 114 Å². The van der Waals surface area contributed by atoms with Crippen LogP contribution in [0.3, 0.4) is 0 Å². The molecule has 1 heterocycles. The van der Waals surface area contributed by atoms with Gasteiger partial charge in [-0.2, -0.15) is 0 Å². The smallest absolute Gasteiger partial charge is 0.140 e. The predicted octanol–water partition coefficient (Wildman–Crippen LogP) is 3.78. The number of ether oxygens (including phenoxy) is 1. The topological polar surface area (TPSA) is 48.1 Å². The molecule has 2 unspecified atom stereocenters. The number of nitrogens with two attached hydrogens (primary N) is 1. The Morgan fingerprint density at radius 1 is 1.32 bits per heavy atom. The van der Waals surface area contributed by atoms with Crippen molar-refractivity contribution in [1.82, 2.24) is 4.98 Å². The van der Waals surface area contributed by atoms with Crippen LogP contribution in [0.4, 0.5) is 0 Å². The van der Waals surface area contributed by atoms with Gasteiger partial charge in [-0.1, -0.05) is 6.07 Å². The summed E-state index contributed by atoms with van der Waals surface area (Å²) in [5.41, 5.74) is 9.92. The summed E-state index contributed by atoms with van der Waals surface area (Å²) < 4.78 is 6.21. The molecule has 1 aromatic rings. The number of nitrogens with zero attached hydrogens (tertiary/aromatic N) is 1. The van der Waals surface area contributed by atoms with Crippen LogP contribution in [-0.2, 0) is 4.74 Å². The second-order valence-electron chi connectivity index (χ2n) is 5.64. The van der Waals surface area contributed by atoms with Gasteiger partial charge in [0.15, 0.2) is 0 Å². The summed E-state index contributed by atoms with van der Waals surface area (Å²) in [7, 11) is 0. The second-order valence-corrected chi connectivity index (χ2v) is 5.64. The maximum Gasteiger partial charge on any atom is 0.140 e. The van der Waals surface area contributed by atoms with Crippen LogP contribution in [0.5, 0.6) is 0 Å². The van der Waals surface area contributed by atoms with Gasteiger partial charge in [0.2, 0.25) is 0 Å². The van der Waals surface area contributed by atoms with Crippen LogP contribution in [0.1, 0.15) is 68.9 Å². The third kappa shape index (κ3) is 2.52. The van der Waals surface area contributed by atoms with E-state index >= 15 is 0 Å². The molecular formula is C16H22N2O. The Morgan fingerprint density at radius 2 is 2.16 bits per heavy atom. The van der Waals surface area contributed by atoms with Crippen LogP contribution < -0.4 is 5.73 Å². The van der Waals surface area contributed by atoms with Crippen LogP contribution in [0, 0.1) is 0 Å². The molecule has 2 aliphatic rings. The molecule has 19 heavy (non-hydrogen) atoms. The van der Waals surface area contributed by atoms with Gasteiger partial charge in [0.1, 0.15) is 6.10 Å². The molecule has 0 spiro atoms. The number of hydrogen-bond acceptors (Lipinski definition) is 3. The summed E-state index contributed by atoms with van der Waals surface area (Å²) in [4.78, 5) is 4.54. The third-order valence-corrected chi connectivity index (χ3v) is 4.33. The van der Waals surface area contributed by atoms with Gasteiger partial charge >= 0.3 is 0 Å². The van der Waals surface area contributed by atoms with Crippen molar-refractivity contribution in [3.63, 3.8) is 0 Å². The van der Waals surface area contributed by atoms with E-state index in [9.17, 15) is 0 Å². The predicted molar refractivity (Wildman–Crippen MR) is 75.4 cm³/mol. The molecule has 0 amide bonds. The molecule has 102 valence electrons. The molecule has 2 atom stereocenters. The van der Waals surface area contributed by atoms with E-state index in [1.165, 1.54) is 24.8 Å². The molecule has 1 fully saturated rings. The minimum atomic E-state index is 0.0813. The molecule has 2 N–H and O–H groups in total. The van der Waals surface area contributed by atoms with E-state index < -0.39 is 0 Å². The molecule has 3 heteroatoms. The van der Waals surface area contributed by atoms with Gasteiger partial charge in [-0.05, 0) is 62.7 Å². The minimum absolute atomic E-state index is 0.0813. The van der Waals surface area contributed by atoms with E-state index in [0.717, 1.165) is 36.3 Å². The highest BCUT2D eigenvalue weighted by Gasteiger charge is 2.26. The van der Waals surface area contributed by atoms with Crippen LogP contribution >= 0.6 is 0 Å². The van der Waals surface area contributed by atoms with Gasteiger partial charge in [-0.3, -0.25) is 4.98 Å². The van der Waals surface area contributed by atoms with E-state index in [2.05, 4.69) is 18.0 Å². The summed E-state index contributed by atoms with van der Waals surface area (Å²) in [6, 6.07) is 4.17. The number of hydrogen-bond donors (Lipinski definition) is 1. The number of pyridine rings is 1. The third-order valence-electron chi connectivity index (χ3n) is 4.33. The number of aromatic nitrogens is 1. The van der Waals surface area contributed by atoms with Crippen molar-refractivity contribution in [3.05, 3.63) is 40.9 Å². The first kappa shape index (κ1) is 12.7. The average Bonchev–Trinajstić information content (AvgIpc) is 2.49. The first-order valence-electron chi connectivity index (χ1n) is 7.31. The Balaban J connectivity index is 1.87. The fourth-order valence-electron chi connectivity index (χ4n) is 2.94. The summed E-state index contributed by atoms with van der Waals surface area (Å²) >= 11 is 0. The van der Waals surface area contributed by atoms with E-state index in [1.807, 2.05) is 12.3 Å². The molecule has 1 saturated carbocycles. The van der Waals surface area contributed by atoms with Gasteiger partial charge in [0.25, 0.3) is 0 Å². The average molecular weight is 258 g/mol. The molecular weight excluding hydrogens is 236 g/mol. The lowest BCUT2D eigenvalue weighted by atomic mass is 9.91. The van der Waals surface area contributed by atoms with E-state index in [-0.39, 0.29) is 12.1 Å². The lowest BCUT2D eigenvalue weighted by molar-refractivity contribution is 0.101. The van der Waals surface area contributed by atoms with Crippen molar-refractivity contribution in [1.29, 1.82) is 0 Å². The summed E-state index contributed by atoms with van der Waals surface area (Å²) in [5, 5.41) is 0. The molecule has 0 saturated heterocycles. The molecule has 0 aromatic carbocycles. The lowest BCUT2D eigenvalue weighted by Crippen LogP contribution is -2.13. The molecule has 0 aliphatic heterocycles. The zero-order valence-electron chi connectivity index (χ0n) is 11.6. The minimum Gasteiger partial charge on any atom is -0.489 e. The number of allylic oxidation sites excluding steroid dienone is 2. The van der Waals surface area contributed by atoms with E-state index in [4.69, 9.17) is 10.5 Å². The van der Waals surface area contributed by atoms with Gasteiger partial charge in [0.05, 0.1) is 11.5 Å². The highest BCUT2D eigenvalue weighted by atomic mass is 16.5. The van der Waals surface area contributed by atoms with Crippen molar-refractivity contribution >= 4 is 0 Å². The molecule has 3 rings (SSSR count). The highest BCUT2D eigenvalue weighted by Crippen LogP contribution is 2.37. The summed E-state index contributed by atoms with van der Waals surface area (Å²) in [6.45, 7) is 2.10. The molecule has 3 nitrogen and oxygen atoms in total. The van der Waals surface area contributed by atoms with Crippen LogP contribution in [0.15, 0.2) is 29.7 Å². The first-order valence-corrected chi connectivity index (χ1v) is 7.31. The van der Waals surface area contributed by atoms with E-state index in [1.54, 1.807) is 0 Å². The number of fused-ring (bicyclic) bond motifs is 1. The Kier molecular flexibility index (Phi) is 3.56. The van der Waals surface area contributed by atoms with Gasteiger partial charge in [0, 0.05) is 12.2 Å². The fraction of sp³-hybridized carbons (Fsp3) is 0.562. The molecule has 0 bridgehead atoms. The maximum atomic E-state index is 6.23. The van der Waals surface area contributed by atoms with Crippen molar-refractivity contribution < 1.29 is 4.74 Å². The zero-order valence-corrected chi connectivity index (χ0v) is 11.6. The standard InChI is InChI=1S/C16H22N2O/c1-11(12-5-2-6-12)19-15-9-3-8-14(17)13-7-4-10-18-16(13)15/h4,7,10,14-15H,2-3,5-6,8-9,17H2,1H3. The van der Waals surface area contributed by atoms with Gasteiger partial charge in [-0.15, -0.1) is 0 Å². The SMILES string of the molecule is CC(OC1CCCC(N)c2cccnc21)=C1CCC1. The van der Waals surface area contributed by atoms with E-state index in [0.29, 0.717) is 0 Å². The zero-order chi connectivity index (χ0) is 13.2. The number of rotatable bonds is 2. The molecule has 2 aliphatic carbocycles. The van der Waals surface area contributed by atoms with Gasteiger partial charge < -0.3 is 10.5 Å². The summed E-state index contributed by atoms with van der Waals surface area (Å²) in [6.07, 6.45) is 8.78. The second kappa shape index (κ2) is 5.33. The van der Waals surface area contributed by atoms with Crippen molar-refractivity contribution in [2.45, 2.75) is 57.6 Å². The normalized spacial score (nSPS) is 26.1. The van der Waals surface area contributed by atoms with Crippen molar-refractivity contribution in [2.24, 2.45) is 5.73 Å². The monoisotopic (exact) mass is 258 g/mol. The van der Waals surface area contributed by atoms with Crippen LogP contribution in [0.25, 0.3) is 0 Å². The molecule has 1 aromatic heterocycles. The Bertz CT molecular complexity index is 489. The Hall–Kier alpha value is -1.35. The largest absolute Gasteiger partial charge is 0.489 e.